The maximum Gasteiger partial charge on any atom is 0.488 e. The second-order valence-corrected chi connectivity index (χ2v) is 29.5. The van der Waals surface area contributed by atoms with E-state index < -0.39 is 91.5 Å². The average Bonchev–Trinajstić information content (AvgIpc) is 1.34. The number of aromatic carboxylic acids is 1. The first-order valence-corrected chi connectivity index (χ1v) is 37.6. The molecule has 6 aromatic rings. The zero-order valence-electron chi connectivity index (χ0n) is 54.9. The van der Waals surface area contributed by atoms with Gasteiger partial charge in [-0.15, -0.1) is 0 Å². The fourth-order valence-corrected chi connectivity index (χ4v) is 17.0. The second-order valence-electron chi connectivity index (χ2n) is 24.5. The average molecular weight is 1460 g/mol. The van der Waals surface area contributed by atoms with Crippen LogP contribution in [0.5, 0.6) is 17.2 Å². The molecule has 2 aromatic heterocycles. The summed E-state index contributed by atoms with van der Waals surface area (Å²) < 4.78 is 88.8. The number of nitrogens with zero attached hydrogens (tertiary/aromatic N) is 11. The van der Waals surface area contributed by atoms with Gasteiger partial charge in [-0.05, 0) is 109 Å². The third kappa shape index (κ3) is 16.8. The quantitative estimate of drug-likeness (QED) is 0.00543. The van der Waals surface area contributed by atoms with Crippen molar-refractivity contribution in [2.75, 3.05) is 103 Å². The van der Waals surface area contributed by atoms with Crippen molar-refractivity contribution >= 4 is 75.0 Å². The van der Waals surface area contributed by atoms with Crippen molar-refractivity contribution in [2.24, 2.45) is 10.2 Å². The number of nitrogen functional groups attached to an aromatic ring is 1. The topological polar surface area (TPSA) is 480 Å². The summed E-state index contributed by atoms with van der Waals surface area (Å²) in [7, 11) is -15.7. The number of ether oxygens (including phenoxy) is 6. The summed E-state index contributed by atoms with van der Waals surface area (Å²) in [5.74, 6) is 4.90. The Bertz CT molecular complexity index is 4790. The summed E-state index contributed by atoms with van der Waals surface area (Å²) in [6.07, 6.45) is 5.69. The molecule has 6 aliphatic rings. The second kappa shape index (κ2) is 31.5. The van der Waals surface area contributed by atoms with E-state index in [1.807, 2.05) is 0 Å². The highest BCUT2D eigenvalue weighted by molar-refractivity contribution is 7.68. The number of phosphoric acid groups is 2. The van der Waals surface area contributed by atoms with Gasteiger partial charge >= 0.3 is 29.2 Å². The van der Waals surface area contributed by atoms with Gasteiger partial charge in [-0.25, -0.2) is 32.8 Å². The highest BCUT2D eigenvalue weighted by Crippen LogP contribution is 2.66. The summed E-state index contributed by atoms with van der Waals surface area (Å²) in [5, 5.41) is 28.4. The number of carbonyl (C=O) groups is 4. The number of nitrogens with one attached hydrogen (secondary N) is 3. The largest absolute Gasteiger partial charge is 0.491 e. The number of aromatic nitrogens is 3. The molecule has 6 aliphatic heterocycles. The molecule has 4 unspecified atom stereocenters. The molecule has 4 aromatic carbocycles. The smallest absolute Gasteiger partial charge is 0.488 e. The third-order valence-electron chi connectivity index (χ3n) is 17.6. The zero-order valence-corrected chi connectivity index (χ0v) is 57.6. The maximum atomic E-state index is 14.1. The number of amides is 3. The van der Waals surface area contributed by atoms with Crippen LogP contribution < -0.4 is 51.2 Å². The van der Waals surface area contributed by atoms with Crippen LogP contribution in [0.1, 0.15) is 108 Å². The van der Waals surface area contributed by atoms with Gasteiger partial charge in [0.25, 0.3) is 11.8 Å². The monoisotopic (exact) mass is 1460 g/mol. The fraction of sp³-hybridized carbons (Fsp3) is 0.422. The molecule has 12 rings (SSSR count). The maximum absolute atomic E-state index is 14.1. The number of fused-ring (bicyclic) bond motifs is 5. The summed E-state index contributed by atoms with van der Waals surface area (Å²) in [4.78, 5) is 98.9. The number of benzene rings is 4. The number of anilines is 2. The summed E-state index contributed by atoms with van der Waals surface area (Å²) in [5.41, 5.74) is 33.3. The van der Waals surface area contributed by atoms with Crippen molar-refractivity contribution in [2.45, 2.75) is 82.5 Å². The van der Waals surface area contributed by atoms with Gasteiger partial charge in [-0.1, -0.05) is 28.1 Å². The van der Waals surface area contributed by atoms with E-state index in [1.54, 1.807) is 24.3 Å². The predicted molar refractivity (Wildman–Crippen MR) is 363 cm³/mol. The van der Waals surface area contributed by atoms with Crippen LogP contribution in [0.3, 0.4) is 0 Å². The first-order chi connectivity index (χ1) is 49.1. The van der Waals surface area contributed by atoms with Crippen LogP contribution in [-0.2, 0) is 76.3 Å². The Kier molecular flexibility index (Phi) is 22.4. The van der Waals surface area contributed by atoms with E-state index in [9.17, 15) is 58.2 Å². The number of hydrogen-bond donors (Lipinski definition) is 8. The highest BCUT2D eigenvalue weighted by Gasteiger charge is 2.44. The van der Waals surface area contributed by atoms with Crippen LogP contribution in [0.25, 0.3) is 37.5 Å². The first-order valence-electron chi connectivity index (χ1n) is 32.6. The van der Waals surface area contributed by atoms with Gasteiger partial charge in [-0.2, -0.15) is 4.31 Å². The summed E-state index contributed by atoms with van der Waals surface area (Å²) >= 11 is 0. The molecule has 9 N–H and O–H groups in total. The van der Waals surface area contributed by atoms with Crippen LogP contribution in [0.2, 0.25) is 0 Å². The fourth-order valence-electron chi connectivity index (χ4n) is 13.5. The lowest BCUT2D eigenvalue weighted by Crippen LogP contribution is -2.45. The zero-order chi connectivity index (χ0) is 71.9. The Hall–Kier alpha value is -9.28. The Morgan fingerprint density at radius 1 is 0.863 bits per heavy atom. The number of aryl methyl sites for hydroxylation is 2. The number of nitrogens with two attached hydrogens (primary N) is 1. The lowest BCUT2D eigenvalue weighted by atomic mass is 9.81. The Morgan fingerprint density at radius 2 is 1.62 bits per heavy atom. The molecular weight excluding hydrogens is 1390 g/mol. The van der Waals surface area contributed by atoms with Gasteiger partial charge in [0.1, 0.15) is 80.4 Å². The summed E-state index contributed by atoms with van der Waals surface area (Å²) in [6, 6.07) is 15.3. The minimum Gasteiger partial charge on any atom is -0.491 e. The normalized spacial score (nSPS) is 19.0. The molecule has 0 radical (unpaired) electrons. The Balaban J connectivity index is 0.611. The van der Waals surface area contributed by atoms with Gasteiger partial charge in [0.15, 0.2) is 6.23 Å². The van der Waals surface area contributed by atoms with Gasteiger partial charge < -0.3 is 79.4 Å². The van der Waals surface area contributed by atoms with Crippen molar-refractivity contribution in [3.63, 3.8) is 0 Å². The molecule has 0 spiro atoms. The van der Waals surface area contributed by atoms with Gasteiger partial charge in [0.05, 0.1) is 54.5 Å². The molecule has 1 fully saturated rings. The number of carbonyl (C=O) groups excluding carboxylic acids is 3. The summed E-state index contributed by atoms with van der Waals surface area (Å²) in [6.45, 7) is 2.08. The number of rotatable bonds is 29. The van der Waals surface area contributed by atoms with Crippen molar-refractivity contribution in [1.29, 1.82) is 0 Å². The van der Waals surface area contributed by atoms with Crippen molar-refractivity contribution in [1.82, 2.24) is 35.1 Å². The standard InChI is InChI=1S/C64H70N15O20P3/c1-100(85,86)98-102(89,90)99-101(87,88)95-32-50-49(94-36-73-75-66)30-53(96-50)79-31-41(54-60(65)71-35-72-61(54)79)9-3-17-68-51(80)33-91-24-25-92-52(74-76-67)34-93-42-12-2-8-39(26-42)62(81)69-18-19-70-63(82)40-15-16-43(64(83)84)46(29-40)55-47-27-37-10-4-20-77-22-6-13-44(56(37)77)58(47)97-59-45-14-7-23-78-21-5-11-38(57(45)78)28-48(55)59/h2,8,12,15-16,26-29,31,35,49-50,52-53H,4-7,10-11,13-14,17-25,30,32-34,36H2,1H3,(H8-,65,68,69,70,71,72,80,81,82,83,84,85,86,87,88,89,90)/p+1/t49-,50-,52?,53-/m1/s1. The number of carboxylic acid groups (broad SMARTS) is 1. The number of carboxylic acids is 1. The van der Waals surface area contributed by atoms with E-state index in [-0.39, 0.29) is 90.7 Å². The first kappa shape index (κ1) is 72.5. The van der Waals surface area contributed by atoms with Crippen LogP contribution >= 0.6 is 23.2 Å². The SMILES string of the molecule is CP(=O)(O)OP(=O)(O)OP(=O)(O)OC[C@H]1O[C@@H](n2cc(C#CCNC(=O)COCCOC(COc3cccc(C(=O)NCCNC(=O)c4ccc(C(=O)O)c(C5=c6cc7c8c(c6Oc6c5cc5c9c6CCCN9CCC5)CCC[N+]=8CCC7)c4)c3)N=[N+]=[N-])c3c(N)ncnc32)C[C@H]1OCN=[N+]=[N-]. The molecular formula is C64H71N15O20P3+. The minimum atomic E-state index is -5.58. The molecule has 3 amide bonds. The van der Waals surface area contributed by atoms with E-state index in [1.165, 1.54) is 57.5 Å². The van der Waals surface area contributed by atoms with Crippen LogP contribution in [0.4, 0.5) is 11.5 Å². The molecule has 8 heterocycles. The Morgan fingerprint density at radius 3 is 2.38 bits per heavy atom. The van der Waals surface area contributed by atoms with Crippen LogP contribution in [-0.4, -0.2) is 169 Å². The molecule has 1 saturated heterocycles. The van der Waals surface area contributed by atoms with Gasteiger partial charge in [-0.3, -0.25) is 23.5 Å². The van der Waals surface area contributed by atoms with Crippen LogP contribution in [0.15, 0.2) is 77.3 Å². The number of phosphoric ester groups is 1. The lowest BCUT2D eigenvalue weighted by molar-refractivity contribution is -0.126. The third-order valence-corrected chi connectivity index (χ3v) is 21.8. The lowest BCUT2D eigenvalue weighted by Gasteiger charge is -2.39. The number of hydrogen-bond acceptors (Lipinski definition) is 22. The molecule has 35 nitrogen and oxygen atoms in total. The van der Waals surface area contributed by atoms with Crippen molar-refractivity contribution in [3.8, 4) is 29.1 Å². The molecule has 536 valence electrons. The van der Waals surface area contributed by atoms with E-state index in [2.05, 4.69) is 88.0 Å². The van der Waals surface area contributed by atoms with E-state index in [4.69, 9.17) is 44.2 Å². The molecule has 0 bridgehead atoms. The van der Waals surface area contributed by atoms with E-state index >= 15 is 0 Å². The van der Waals surface area contributed by atoms with Crippen LogP contribution in [0, 0.1) is 11.8 Å². The molecule has 102 heavy (non-hydrogen) atoms. The predicted octanol–water partition coefficient (Wildman–Crippen LogP) is 5.53. The molecule has 0 saturated carbocycles. The molecule has 7 atom stereocenters. The van der Waals surface area contributed by atoms with E-state index in [0.717, 1.165) is 117 Å². The van der Waals surface area contributed by atoms with E-state index in [0.29, 0.717) is 12.2 Å². The van der Waals surface area contributed by atoms with Crippen molar-refractivity contribution < 1.29 is 94.2 Å². The minimum absolute atomic E-state index is 0.0207. The van der Waals surface area contributed by atoms with Gasteiger partial charge in [0, 0.05) is 112 Å². The Labute approximate surface area is 580 Å². The molecule has 0 aliphatic carbocycles. The van der Waals surface area contributed by atoms with Crippen molar-refractivity contribution in [3.05, 3.63) is 154 Å². The molecule has 38 heteroatoms. The highest BCUT2D eigenvalue weighted by atomic mass is 31.3. The van der Waals surface area contributed by atoms with Gasteiger partial charge in [0.2, 0.25) is 11.3 Å². The number of azide groups is 2.